The van der Waals surface area contributed by atoms with E-state index in [4.69, 9.17) is 0 Å². The number of rotatable bonds is 1. The second-order valence-corrected chi connectivity index (χ2v) is 1.25. The van der Waals surface area contributed by atoms with Crippen LogP contribution in [0.4, 0.5) is 4.39 Å². The van der Waals surface area contributed by atoms with Gasteiger partial charge in [0.05, 0.1) is 13.2 Å². The number of halogens is 1. The number of hydrogen-bond donors (Lipinski definition) is 0. The van der Waals surface area contributed by atoms with Crippen LogP contribution >= 0.6 is 0 Å². The van der Waals surface area contributed by atoms with E-state index in [1.54, 1.807) is 0 Å². The van der Waals surface area contributed by atoms with Crippen molar-refractivity contribution in [1.29, 1.82) is 0 Å². The number of esters is 1. The monoisotopic (exact) mass is 118 g/mol. The molecule has 0 fully saturated rings. The van der Waals surface area contributed by atoms with Gasteiger partial charge in [-0.1, -0.05) is 0 Å². The fourth-order valence-corrected chi connectivity index (χ4v) is 0.221. The molecule has 0 amide bonds. The van der Waals surface area contributed by atoms with Gasteiger partial charge in [-0.3, -0.25) is 0 Å². The van der Waals surface area contributed by atoms with Crippen LogP contribution in [0.3, 0.4) is 0 Å². The van der Waals surface area contributed by atoms with Crippen molar-refractivity contribution in [3.05, 3.63) is 11.9 Å². The van der Waals surface area contributed by atoms with Crippen LogP contribution in [-0.4, -0.2) is 13.1 Å². The van der Waals surface area contributed by atoms with Crippen LogP contribution in [0.5, 0.6) is 0 Å². The van der Waals surface area contributed by atoms with Gasteiger partial charge in [-0.25, -0.2) is 9.18 Å². The van der Waals surface area contributed by atoms with Crippen LogP contribution in [0, 0.1) is 0 Å². The first kappa shape index (κ1) is 7.14. The Labute approximate surface area is 47.0 Å². The minimum atomic E-state index is -0.662. The van der Waals surface area contributed by atoms with Gasteiger partial charge in [0.1, 0.15) is 5.83 Å². The first-order valence-corrected chi connectivity index (χ1v) is 2.08. The molecule has 8 heavy (non-hydrogen) atoms. The molecule has 0 bridgehead atoms. The van der Waals surface area contributed by atoms with Gasteiger partial charge in [-0.2, -0.15) is 0 Å². The van der Waals surface area contributed by atoms with Crippen molar-refractivity contribution in [1.82, 2.24) is 0 Å². The van der Waals surface area contributed by atoms with Crippen LogP contribution in [0.25, 0.3) is 0 Å². The minimum absolute atomic E-state index is 0.545. The average molecular weight is 118 g/mol. The lowest BCUT2D eigenvalue weighted by molar-refractivity contribution is -0.134. The number of carbonyl (C=O) groups excluding carboxylic acids is 1. The predicted molar refractivity (Wildman–Crippen MR) is 26.9 cm³/mol. The summed E-state index contributed by atoms with van der Waals surface area (Å²) in [6.45, 7) is 1.18. The Hall–Kier alpha value is -0.860. The maximum Gasteiger partial charge on any atom is 0.333 e. The van der Waals surface area contributed by atoms with E-state index in [1.807, 2.05) is 0 Å². The van der Waals surface area contributed by atoms with Crippen LogP contribution in [0.15, 0.2) is 11.9 Å². The Kier molecular flexibility index (Phi) is 2.84. The van der Waals surface area contributed by atoms with Crippen molar-refractivity contribution >= 4 is 5.97 Å². The van der Waals surface area contributed by atoms with E-state index in [9.17, 15) is 9.18 Å². The molecule has 0 aromatic carbocycles. The standard InChI is InChI=1S/C5H7FO2/c1-4(6)3-5(7)8-2/h3H,1-2H3. The van der Waals surface area contributed by atoms with Crippen LogP contribution in [0.2, 0.25) is 0 Å². The fourth-order valence-electron chi connectivity index (χ4n) is 0.221. The molecular weight excluding hydrogens is 111 g/mol. The molecule has 0 aromatic rings. The molecule has 0 aliphatic heterocycles. The molecule has 0 N–H and O–H groups in total. The van der Waals surface area contributed by atoms with E-state index in [0.29, 0.717) is 0 Å². The SMILES string of the molecule is COC(=O)C=C(C)F. The van der Waals surface area contributed by atoms with E-state index >= 15 is 0 Å². The molecular formula is C5H7FO2. The van der Waals surface area contributed by atoms with Gasteiger partial charge in [0.2, 0.25) is 0 Å². The lowest BCUT2D eigenvalue weighted by Gasteiger charge is -1.86. The highest BCUT2D eigenvalue weighted by atomic mass is 19.1. The Balaban J connectivity index is 3.70. The van der Waals surface area contributed by atoms with Gasteiger partial charge < -0.3 is 4.74 Å². The Bertz CT molecular complexity index is 114. The number of hydrogen-bond acceptors (Lipinski definition) is 2. The third-order valence-corrected chi connectivity index (χ3v) is 0.518. The zero-order valence-electron chi connectivity index (χ0n) is 4.77. The molecule has 0 aromatic heterocycles. The lowest BCUT2D eigenvalue weighted by atomic mass is 10.5. The molecule has 0 radical (unpaired) electrons. The number of carbonyl (C=O) groups is 1. The predicted octanol–water partition coefficient (Wildman–Crippen LogP) is 1.03. The van der Waals surface area contributed by atoms with E-state index in [0.717, 1.165) is 6.08 Å². The maximum atomic E-state index is 11.7. The topological polar surface area (TPSA) is 26.3 Å². The van der Waals surface area contributed by atoms with Crippen molar-refractivity contribution in [2.45, 2.75) is 6.92 Å². The summed E-state index contributed by atoms with van der Waals surface area (Å²) in [7, 11) is 1.20. The summed E-state index contributed by atoms with van der Waals surface area (Å²) in [4.78, 5) is 10.1. The molecule has 0 saturated carbocycles. The van der Waals surface area contributed by atoms with Crippen molar-refractivity contribution in [2.75, 3.05) is 7.11 Å². The summed E-state index contributed by atoms with van der Waals surface area (Å²) in [6, 6.07) is 0. The fraction of sp³-hybridized carbons (Fsp3) is 0.400. The Morgan fingerprint density at radius 1 is 1.75 bits per heavy atom. The highest BCUT2D eigenvalue weighted by Gasteiger charge is 1.92. The Morgan fingerprint density at radius 3 is 2.38 bits per heavy atom. The van der Waals surface area contributed by atoms with Crippen LogP contribution in [0.1, 0.15) is 6.92 Å². The molecule has 0 heterocycles. The van der Waals surface area contributed by atoms with E-state index in [-0.39, 0.29) is 0 Å². The number of ether oxygens (including phenoxy) is 1. The van der Waals surface area contributed by atoms with Crippen LogP contribution in [-0.2, 0) is 9.53 Å². The van der Waals surface area contributed by atoms with Gasteiger partial charge in [-0.15, -0.1) is 0 Å². The third-order valence-electron chi connectivity index (χ3n) is 0.518. The first-order chi connectivity index (χ1) is 3.66. The van der Waals surface area contributed by atoms with E-state index in [2.05, 4.69) is 4.74 Å². The Morgan fingerprint density at radius 2 is 2.25 bits per heavy atom. The largest absolute Gasteiger partial charge is 0.466 e. The second-order valence-electron chi connectivity index (χ2n) is 1.25. The molecule has 0 spiro atoms. The van der Waals surface area contributed by atoms with Gasteiger partial charge in [0, 0.05) is 0 Å². The summed E-state index contributed by atoms with van der Waals surface area (Å²) >= 11 is 0. The van der Waals surface area contributed by atoms with Crippen LogP contribution < -0.4 is 0 Å². The number of methoxy groups -OCH3 is 1. The molecule has 2 nitrogen and oxygen atoms in total. The van der Waals surface area contributed by atoms with Crippen molar-refractivity contribution in [2.24, 2.45) is 0 Å². The lowest BCUT2D eigenvalue weighted by Crippen LogP contribution is -1.93. The van der Waals surface area contributed by atoms with Gasteiger partial charge in [0.15, 0.2) is 0 Å². The number of allylic oxidation sites excluding steroid dienone is 1. The molecule has 0 saturated heterocycles. The molecule has 0 aliphatic rings. The van der Waals surface area contributed by atoms with E-state index in [1.165, 1.54) is 14.0 Å². The first-order valence-electron chi connectivity index (χ1n) is 2.08. The summed E-state index contributed by atoms with van der Waals surface area (Å²) in [5.41, 5.74) is 0. The maximum absolute atomic E-state index is 11.7. The van der Waals surface area contributed by atoms with Gasteiger partial charge in [-0.05, 0) is 6.92 Å². The summed E-state index contributed by atoms with van der Waals surface area (Å²) < 4.78 is 15.8. The van der Waals surface area contributed by atoms with Crippen molar-refractivity contribution in [3.8, 4) is 0 Å². The molecule has 3 heteroatoms. The van der Waals surface area contributed by atoms with Gasteiger partial charge in [0.25, 0.3) is 0 Å². The molecule has 0 rings (SSSR count). The average Bonchev–Trinajstić information content (AvgIpc) is 1.65. The van der Waals surface area contributed by atoms with Crippen molar-refractivity contribution < 1.29 is 13.9 Å². The highest BCUT2D eigenvalue weighted by molar-refractivity contribution is 5.82. The molecule has 0 atom stereocenters. The normalized spacial score (nSPS) is 11.1. The molecule has 0 aliphatic carbocycles. The van der Waals surface area contributed by atoms with E-state index < -0.39 is 11.8 Å². The minimum Gasteiger partial charge on any atom is -0.466 e. The zero-order chi connectivity index (χ0) is 6.57. The summed E-state index contributed by atoms with van der Waals surface area (Å²) in [5.74, 6) is -1.21. The zero-order valence-corrected chi connectivity index (χ0v) is 4.77. The smallest absolute Gasteiger partial charge is 0.333 e. The summed E-state index contributed by atoms with van der Waals surface area (Å²) in [6.07, 6.45) is 0.778. The summed E-state index contributed by atoms with van der Waals surface area (Å²) in [5, 5.41) is 0. The van der Waals surface area contributed by atoms with Gasteiger partial charge >= 0.3 is 5.97 Å². The molecule has 0 unspecified atom stereocenters. The van der Waals surface area contributed by atoms with Crippen molar-refractivity contribution in [3.63, 3.8) is 0 Å². The quantitative estimate of drug-likeness (QED) is 0.379. The molecule has 46 valence electrons. The third kappa shape index (κ3) is 3.33. The highest BCUT2D eigenvalue weighted by Crippen LogP contribution is 1.91. The second kappa shape index (κ2) is 3.18.